The second-order valence-corrected chi connectivity index (χ2v) is 7.65. The number of carbonyl (C=O) groups is 1. The number of hydrogen-bond acceptors (Lipinski definition) is 1. The van der Waals surface area contributed by atoms with Crippen molar-refractivity contribution in [3.05, 3.63) is 11.6 Å². The van der Waals surface area contributed by atoms with Gasteiger partial charge in [0.15, 0.2) is 0 Å². The molecule has 0 aliphatic rings. The molecule has 0 aliphatic heterocycles. The lowest BCUT2D eigenvalue weighted by atomic mass is 9.76. The monoisotopic (exact) mass is 309 g/mol. The van der Waals surface area contributed by atoms with Crippen LogP contribution in [0.3, 0.4) is 0 Å². The van der Waals surface area contributed by atoms with E-state index in [1.54, 1.807) is 0 Å². The Morgan fingerprint density at radius 2 is 1.82 bits per heavy atom. The molecule has 0 aromatic carbocycles. The van der Waals surface area contributed by atoms with E-state index in [0.717, 1.165) is 38.8 Å². The van der Waals surface area contributed by atoms with Gasteiger partial charge in [-0.2, -0.15) is 0 Å². The first-order valence-corrected chi connectivity index (χ1v) is 9.15. The summed E-state index contributed by atoms with van der Waals surface area (Å²) in [6.45, 7) is 17.4. The van der Waals surface area contributed by atoms with Crippen LogP contribution in [0.1, 0.15) is 87.0 Å². The number of unbranched alkanes of at least 4 members (excludes halogenated alkanes) is 1. The van der Waals surface area contributed by atoms with Gasteiger partial charge in [-0.25, -0.2) is 0 Å². The molecule has 0 bridgehead atoms. The summed E-state index contributed by atoms with van der Waals surface area (Å²) in [7, 11) is 0. The zero-order valence-electron chi connectivity index (χ0n) is 16.2. The van der Waals surface area contributed by atoms with Gasteiger partial charge in [0.1, 0.15) is 0 Å². The Bertz CT molecular complexity index is 340. The first kappa shape index (κ1) is 21.2. The summed E-state index contributed by atoms with van der Waals surface area (Å²) in [6.07, 6.45) is 8.54. The molecule has 0 aliphatic carbocycles. The minimum Gasteiger partial charge on any atom is -0.342 e. The predicted octanol–water partition coefficient (Wildman–Crippen LogP) is 5.82. The van der Waals surface area contributed by atoms with Gasteiger partial charge in [-0.05, 0) is 50.9 Å². The van der Waals surface area contributed by atoms with Crippen molar-refractivity contribution >= 4 is 5.91 Å². The lowest BCUT2D eigenvalue weighted by molar-refractivity contribution is -0.132. The van der Waals surface area contributed by atoms with Crippen LogP contribution in [-0.4, -0.2) is 23.9 Å². The minimum atomic E-state index is 0.267. The number of allylic oxidation sites excluding steroid dienone is 2. The number of amides is 1. The van der Waals surface area contributed by atoms with Gasteiger partial charge in [-0.15, -0.1) is 0 Å². The molecule has 0 aromatic rings. The van der Waals surface area contributed by atoms with Crippen molar-refractivity contribution in [3.63, 3.8) is 0 Å². The lowest BCUT2D eigenvalue weighted by Gasteiger charge is -2.36. The third-order valence-corrected chi connectivity index (χ3v) is 4.77. The van der Waals surface area contributed by atoms with Gasteiger partial charge in [-0.3, -0.25) is 4.79 Å². The average Bonchev–Trinajstić information content (AvgIpc) is 2.42. The SMILES string of the molecule is CCCCN(CC(C)C(C)(C)CCC=C(C)C)C(=O)CCC. The van der Waals surface area contributed by atoms with Crippen LogP contribution in [0.15, 0.2) is 11.6 Å². The van der Waals surface area contributed by atoms with Crippen molar-refractivity contribution in [2.24, 2.45) is 11.3 Å². The molecule has 1 amide bonds. The summed E-state index contributed by atoms with van der Waals surface area (Å²) in [5, 5.41) is 0. The molecule has 130 valence electrons. The maximum absolute atomic E-state index is 12.3. The molecule has 0 rings (SSSR count). The summed E-state index contributed by atoms with van der Waals surface area (Å²) in [4.78, 5) is 14.4. The van der Waals surface area contributed by atoms with Crippen molar-refractivity contribution in [3.8, 4) is 0 Å². The van der Waals surface area contributed by atoms with Crippen LogP contribution in [0, 0.1) is 11.3 Å². The zero-order valence-corrected chi connectivity index (χ0v) is 16.2. The maximum Gasteiger partial charge on any atom is 0.222 e. The summed E-state index contributed by atoms with van der Waals surface area (Å²) in [5.74, 6) is 0.860. The van der Waals surface area contributed by atoms with Crippen LogP contribution in [-0.2, 0) is 4.79 Å². The Balaban J connectivity index is 4.65. The largest absolute Gasteiger partial charge is 0.342 e. The summed E-state index contributed by atoms with van der Waals surface area (Å²) in [5.41, 5.74) is 1.66. The lowest BCUT2D eigenvalue weighted by Crippen LogP contribution is -2.39. The van der Waals surface area contributed by atoms with Crippen LogP contribution in [0.25, 0.3) is 0 Å². The standard InChI is InChI=1S/C20H39NO/c1-8-10-15-21(19(22)12-9-2)16-18(5)20(6,7)14-11-13-17(3)4/h13,18H,8-12,14-16H2,1-7H3. The topological polar surface area (TPSA) is 20.3 Å². The molecule has 22 heavy (non-hydrogen) atoms. The van der Waals surface area contributed by atoms with Crippen molar-refractivity contribution in [1.82, 2.24) is 4.90 Å². The highest BCUT2D eigenvalue weighted by atomic mass is 16.2. The number of carbonyl (C=O) groups excluding carboxylic acids is 1. The van der Waals surface area contributed by atoms with E-state index in [4.69, 9.17) is 0 Å². The third kappa shape index (κ3) is 8.60. The van der Waals surface area contributed by atoms with Gasteiger partial charge in [-0.1, -0.05) is 52.7 Å². The van der Waals surface area contributed by atoms with Crippen LogP contribution >= 0.6 is 0 Å². The van der Waals surface area contributed by atoms with E-state index in [0.29, 0.717) is 18.2 Å². The van der Waals surface area contributed by atoms with E-state index < -0.39 is 0 Å². The summed E-state index contributed by atoms with van der Waals surface area (Å²) in [6, 6.07) is 0. The number of hydrogen-bond donors (Lipinski definition) is 0. The summed E-state index contributed by atoms with van der Waals surface area (Å²) >= 11 is 0. The molecule has 0 saturated carbocycles. The van der Waals surface area contributed by atoms with Crippen LogP contribution in [0.5, 0.6) is 0 Å². The van der Waals surface area contributed by atoms with Gasteiger partial charge < -0.3 is 4.90 Å². The van der Waals surface area contributed by atoms with Crippen LogP contribution in [0.2, 0.25) is 0 Å². The molecular weight excluding hydrogens is 270 g/mol. The highest BCUT2D eigenvalue weighted by Crippen LogP contribution is 2.33. The van der Waals surface area contributed by atoms with E-state index in [2.05, 4.69) is 59.4 Å². The zero-order chi connectivity index (χ0) is 17.2. The molecule has 0 fully saturated rings. The van der Waals surface area contributed by atoms with Gasteiger partial charge >= 0.3 is 0 Å². The first-order chi connectivity index (χ1) is 10.2. The van der Waals surface area contributed by atoms with E-state index in [-0.39, 0.29) is 5.41 Å². The van der Waals surface area contributed by atoms with E-state index in [1.807, 2.05) is 0 Å². The Hall–Kier alpha value is -0.790. The second-order valence-electron chi connectivity index (χ2n) is 7.65. The fourth-order valence-electron chi connectivity index (χ4n) is 2.60. The molecule has 2 nitrogen and oxygen atoms in total. The molecular formula is C20H39NO. The smallest absolute Gasteiger partial charge is 0.222 e. The molecule has 0 heterocycles. The second kappa shape index (κ2) is 10.9. The molecule has 0 aromatic heterocycles. The normalized spacial score (nSPS) is 12.9. The average molecular weight is 310 g/mol. The quantitative estimate of drug-likeness (QED) is 0.440. The Morgan fingerprint density at radius 3 is 2.32 bits per heavy atom. The molecule has 1 unspecified atom stereocenters. The molecule has 0 radical (unpaired) electrons. The fourth-order valence-corrected chi connectivity index (χ4v) is 2.60. The van der Waals surface area contributed by atoms with Gasteiger partial charge in [0.05, 0.1) is 0 Å². The number of nitrogens with zero attached hydrogens (tertiary/aromatic N) is 1. The van der Waals surface area contributed by atoms with Crippen LogP contribution in [0.4, 0.5) is 0 Å². The highest BCUT2D eigenvalue weighted by Gasteiger charge is 2.28. The Labute approximate surface area is 139 Å². The molecule has 0 saturated heterocycles. The molecule has 2 heteroatoms. The van der Waals surface area contributed by atoms with E-state index in [9.17, 15) is 4.79 Å². The van der Waals surface area contributed by atoms with E-state index in [1.165, 1.54) is 12.0 Å². The molecule has 0 spiro atoms. The van der Waals surface area contributed by atoms with Crippen LogP contribution < -0.4 is 0 Å². The van der Waals surface area contributed by atoms with Gasteiger partial charge in [0.25, 0.3) is 0 Å². The molecule has 0 N–H and O–H groups in total. The van der Waals surface area contributed by atoms with E-state index >= 15 is 0 Å². The predicted molar refractivity (Wildman–Crippen MR) is 98.0 cm³/mol. The third-order valence-electron chi connectivity index (χ3n) is 4.77. The fraction of sp³-hybridized carbons (Fsp3) is 0.850. The number of rotatable bonds is 11. The highest BCUT2D eigenvalue weighted by molar-refractivity contribution is 5.76. The Kier molecular flexibility index (Phi) is 10.5. The van der Waals surface area contributed by atoms with Crippen molar-refractivity contribution in [2.45, 2.75) is 87.0 Å². The first-order valence-electron chi connectivity index (χ1n) is 9.15. The van der Waals surface area contributed by atoms with Gasteiger partial charge in [0.2, 0.25) is 5.91 Å². The summed E-state index contributed by atoms with van der Waals surface area (Å²) < 4.78 is 0. The van der Waals surface area contributed by atoms with Crippen molar-refractivity contribution in [2.75, 3.05) is 13.1 Å². The Morgan fingerprint density at radius 1 is 1.18 bits per heavy atom. The molecule has 1 atom stereocenters. The van der Waals surface area contributed by atoms with Crippen molar-refractivity contribution in [1.29, 1.82) is 0 Å². The van der Waals surface area contributed by atoms with Crippen molar-refractivity contribution < 1.29 is 4.79 Å². The van der Waals surface area contributed by atoms with Gasteiger partial charge in [0, 0.05) is 19.5 Å². The minimum absolute atomic E-state index is 0.267. The maximum atomic E-state index is 12.3.